The number of carbonyl (C=O) groups is 1. The summed E-state index contributed by atoms with van der Waals surface area (Å²) in [6.07, 6.45) is 0. The molecule has 10 heteroatoms. The molecule has 0 bridgehead atoms. The first kappa shape index (κ1) is 29.1. The first-order chi connectivity index (χ1) is 19.4. The van der Waals surface area contributed by atoms with E-state index in [0.717, 1.165) is 45.6 Å². The second kappa shape index (κ2) is 13.9. The second-order valence-electron chi connectivity index (χ2n) is 8.90. The van der Waals surface area contributed by atoms with Gasteiger partial charge < -0.3 is 20.3 Å². The fourth-order valence-corrected chi connectivity index (χ4v) is 6.32. The normalized spacial score (nSPS) is 15.8. The monoisotopic (exact) mass is 572 g/mol. The quantitative estimate of drug-likeness (QED) is 0.218. The van der Waals surface area contributed by atoms with Crippen LogP contribution in [-0.4, -0.2) is 49.8 Å². The van der Waals surface area contributed by atoms with E-state index in [1.54, 1.807) is 31.0 Å². The zero-order valence-electron chi connectivity index (χ0n) is 22.7. The van der Waals surface area contributed by atoms with Crippen molar-refractivity contribution in [2.24, 2.45) is 0 Å². The first-order valence-corrected chi connectivity index (χ1v) is 14.5. The lowest BCUT2D eigenvalue weighted by Gasteiger charge is -2.16. The summed E-state index contributed by atoms with van der Waals surface area (Å²) in [5.74, 6) is -0.107. The minimum Gasteiger partial charge on any atom is -0.385 e. The molecule has 206 valence electrons. The summed E-state index contributed by atoms with van der Waals surface area (Å²) >= 11 is 2.82. The average Bonchev–Trinajstić information content (AvgIpc) is 3.45. The average molecular weight is 573 g/mol. The summed E-state index contributed by atoms with van der Waals surface area (Å²) in [5, 5.41) is 24.4. The molecule has 2 aliphatic rings. The predicted molar refractivity (Wildman–Crippen MR) is 166 cm³/mol. The Morgan fingerprint density at radius 2 is 1.73 bits per heavy atom. The van der Waals surface area contributed by atoms with Crippen molar-refractivity contribution in [3.05, 3.63) is 93.9 Å². The van der Waals surface area contributed by atoms with Crippen molar-refractivity contribution in [2.45, 2.75) is 18.4 Å². The maximum atomic E-state index is 13.1. The molecule has 40 heavy (non-hydrogen) atoms. The van der Waals surface area contributed by atoms with Crippen molar-refractivity contribution in [1.82, 2.24) is 4.90 Å². The highest BCUT2D eigenvalue weighted by molar-refractivity contribution is 8.19. The van der Waals surface area contributed by atoms with Crippen LogP contribution in [0, 0.1) is 16.7 Å². The Morgan fingerprint density at radius 1 is 1.00 bits per heavy atom. The van der Waals surface area contributed by atoms with Gasteiger partial charge in [-0.15, -0.1) is 0 Å². The van der Waals surface area contributed by atoms with Gasteiger partial charge in [0.05, 0.1) is 35.5 Å². The van der Waals surface area contributed by atoms with Crippen LogP contribution in [0.3, 0.4) is 0 Å². The highest BCUT2D eigenvalue weighted by Gasteiger charge is 2.38. The zero-order chi connectivity index (χ0) is 28.5. The fraction of sp³-hybridized carbons (Fsp3) is 0.233. The van der Waals surface area contributed by atoms with Crippen LogP contribution in [0.25, 0.3) is 0 Å². The minimum atomic E-state index is -0.107. The number of ether oxygens (including phenoxy) is 1. The lowest BCUT2D eigenvalue weighted by Crippen LogP contribution is -2.28. The Kier molecular flexibility index (Phi) is 10.1. The lowest BCUT2D eigenvalue weighted by atomic mass is 10.2. The molecule has 0 saturated carbocycles. The Labute approximate surface area is 243 Å². The number of methoxy groups -OCH3 is 1. The van der Waals surface area contributed by atoms with E-state index < -0.39 is 0 Å². The van der Waals surface area contributed by atoms with Crippen LogP contribution in [0.4, 0.5) is 17.1 Å². The van der Waals surface area contributed by atoms with Crippen LogP contribution in [0.5, 0.6) is 0 Å². The van der Waals surface area contributed by atoms with Crippen LogP contribution in [0.2, 0.25) is 0 Å². The highest BCUT2D eigenvalue weighted by Crippen LogP contribution is 2.50. The number of nitrogens with one attached hydrogen (secondary N) is 3. The van der Waals surface area contributed by atoms with Gasteiger partial charge in [0, 0.05) is 43.5 Å². The van der Waals surface area contributed by atoms with Crippen LogP contribution in [0.15, 0.2) is 87.6 Å². The largest absolute Gasteiger partial charge is 0.385 e. The van der Waals surface area contributed by atoms with E-state index in [2.05, 4.69) is 28.8 Å². The molecule has 1 fully saturated rings. The van der Waals surface area contributed by atoms with Gasteiger partial charge in [-0.05, 0) is 66.7 Å². The van der Waals surface area contributed by atoms with Crippen molar-refractivity contribution in [3.8, 4) is 6.07 Å². The number of hydrogen-bond donors (Lipinski definition) is 3. The van der Waals surface area contributed by atoms with Crippen molar-refractivity contribution in [2.75, 3.05) is 49.4 Å². The van der Waals surface area contributed by atoms with E-state index in [1.807, 2.05) is 67.4 Å². The van der Waals surface area contributed by atoms with E-state index in [4.69, 9.17) is 15.4 Å². The molecule has 3 N–H and O–H groups in total. The van der Waals surface area contributed by atoms with Crippen molar-refractivity contribution < 1.29 is 9.53 Å². The maximum absolute atomic E-state index is 13.1. The molecule has 5 rings (SSSR count). The highest BCUT2D eigenvalue weighted by atomic mass is 32.2. The van der Waals surface area contributed by atoms with Crippen LogP contribution >= 0.6 is 23.5 Å². The number of amidine groups is 1. The Balaban J connectivity index is 0.000000283. The van der Waals surface area contributed by atoms with Gasteiger partial charge in [-0.3, -0.25) is 15.1 Å². The third kappa shape index (κ3) is 6.99. The number of thioether (sulfide) groups is 2. The topological polar surface area (TPSA) is 104 Å². The summed E-state index contributed by atoms with van der Waals surface area (Å²) in [4.78, 5) is 18.4. The molecule has 2 heterocycles. The Bertz CT molecular complexity index is 1420. The Hall–Kier alpha value is -3.91. The Morgan fingerprint density at radius 3 is 2.40 bits per heavy atom. The van der Waals surface area contributed by atoms with E-state index in [-0.39, 0.29) is 11.1 Å². The number of nitrogens with zero attached hydrogens (tertiary/aromatic N) is 3. The summed E-state index contributed by atoms with van der Waals surface area (Å²) in [6.45, 7) is 4.74. The molecule has 0 radical (unpaired) electrons. The molecular weight excluding hydrogens is 541 g/mol. The number of rotatable bonds is 8. The van der Waals surface area contributed by atoms with E-state index in [9.17, 15) is 4.79 Å². The number of anilines is 3. The van der Waals surface area contributed by atoms with E-state index in [1.165, 1.54) is 16.7 Å². The van der Waals surface area contributed by atoms with Gasteiger partial charge in [0.15, 0.2) is 5.17 Å². The third-order valence-electron chi connectivity index (χ3n) is 6.12. The molecule has 0 unspecified atom stereocenters. The smallest absolute Gasteiger partial charge is 0.269 e. The van der Waals surface area contributed by atoms with Gasteiger partial charge in [0.1, 0.15) is 4.91 Å². The van der Waals surface area contributed by atoms with Gasteiger partial charge in [-0.25, -0.2) is 0 Å². The summed E-state index contributed by atoms with van der Waals surface area (Å²) < 4.78 is 5.08. The molecule has 0 spiro atoms. The van der Waals surface area contributed by atoms with E-state index >= 15 is 0 Å². The molecule has 0 aliphatic carbocycles. The molecule has 3 aromatic rings. The molecule has 1 amide bonds. The van der Waals surface area contributed by atoms with Crippen molar-refractivity contribution in [1.29, 1.82) is 10.7 Å². The predicted octanol–water partition coefficient (Wildman–Crippen LogP) is 6.16. The van der Waals surface area contributed by atoms with Gasteiger partial charge in [0.25, 0.3) is 5.91 Å². The summed E-state index contributed by atoms with van der Waals surface area (Å²) in [6, 6.07) is 25.5. The number of amides is 1. The number of benzene rings is 3. The standard InChI is InChI=1S/C21H22N4O2S2.C9H10N2/c1-24-16-9-8-15(23-10-11-27-2)12-17(16)28-20(24)18-19(26)25(21(22)29-18)13-14-6-4-3-5-7-14;1-2-11-9-5-3-8(7-10)4-6-9/h3-9,12,22-23H,10-11,13H2,1-2H3;3-6,11H,2H2,1H3/b20-18-,22-21?;. The molecule has 0 atom stereocenters. The number of nitriles is 1. The molecule has 3 aromatic carbocycles. The van der Waals surface area contributed by atoms with Crippen LogP contribution in [-0.2, 0) is 16.1 Å². The van der Waals surface area contributed by atoms with Gasteiger partial charge >= 0.3 is 0 Å². The minimum absolute atomic E-state index is 0.107. The van der Waals surface area contributed by atoms with Crippen molar-refractivity contribution in [3.63, 3.8) is 0 Å². The fourth-order valence-electron chi connectivity index (χ4n) is 4.08. The first-order valence-electron chi connectivity index (χ1n) is 12.8. The summed E-state index contributed by atoms with van der Waals surface area (Å²) in [5.41, 5.74) is 4.87. The molecule has 8 nitrogen and oxygen atoms in total. The second-order valence-corrected chi connectivity index (χ2v) is 10.9. The molecule has 1 saturated heterocycles. The SMILES string of the molecule is CCNc1ccc(C#N)cc1.COCCNc1ccc2c(c1)S/C(=C1\SC(=N)N(Cc3ccccc3)C1=O)N2C. The zero-order valence-corrected chi connectivity index (χ0v) is 24.4. The van der Waals surface area contributed by atoms with Gasteiger partial charge in [-0.2, -0.15) is 5.26 Å². The molecule has 2 aliphatic heterocycles. The molecule has 0 aromatic heterocycles. The van der Waals surface area contributed by atoms with Gasteiger partial charge in [0.2, 0.25) is 0 Å². The van der Waals surface area contributed by atoms with Crippen molar-refractivity contribution >= 4 is 51.7 Å². The molecular formula is C30H32N6O2S2. The van der Waals surface area contributed by atoms with Crippen LogP contribution < -0.4 is 15.5 Å². The number of carbonyl (C=O) groups excluding carboxylic acids is 1. The number of hydrogen-bond acceptors (Lipinski definition) is 9. The maximum Gasteiger partial charge on any atom is 0.269 e. The third-order valence-corrected chi connectivity index (χ3v) is 8.46. The summed E-state index contributed by atoms with van der Waals surface area (Å²) in [7, 11) is 3.65. The van der Waals surface area contributed by atoms with E-state index in [0.29, 0.717) is 23.6 Å². The van der Waals surface area contributed by atoms with Gasteiger partial charge in [-0.1, -0.05) is 42.1 Å². The lowest BCUT2D eigenvalue weighted by molar-refractivity contribution is -0.122. The van der Waals surface area contributed by atoms with Crippen LogP contribution in [0.1, 0.15) is 18.1 Å². The number of fused-ring (bicyclic) bond motifs is 1.